The molecule has 0 aliphatic heterocycles. The van der Waals surface area contributed by atoms with Gasteiger partial charge in [0.2, 0.25) is 5.91 Å². The van der Waals surface area contributed by atoms with E-state index < -0.39 is 22.5 Å². The molecule has 8 heteroatoms. The molecule has 1 N–H and O–H groups in total. The number of hydrogen-bond acceptors (Lipinski definition) is 4. The van der Waals surface area contributed by atoms with Gasteiger partial charge in [-0.05, 0) is 68.8 Å². The second-order valence-electron chi connectivity index (χ2n) is 7.60. The van der Waals surface area contributed by atoms with Crippen molar-refractivity contribution in [1.82, 2.24) is 5.32 Å². The van der Waals surface area contributed by atoms with Crippen LogP contribution in [0.2, 0.25) is 5.02 Å². The van der Waals surface area contributed by atoms with E-state index in [0.717, 1.165) is 21.2 Å². The van der Waals surface area contributed by atoms with E-state index in [-0.39, 0.29) is 10.9 Å². The molecule has 0 radical (unpaired) electrons. The summed E-state index contributed by atoms with van der Waals surface area (Å²) in [6.45, 7) is 5.80. The predicted octanol–water partition coefficient (Wildman–Crippen LogP) is 5.12. The van der Waals surface area contributed by atoms with E-state index in [1.54, 1.807) is 30.3 Å². The van der Waals surface area contributed by atoms with Crippen LogP contribution in [0.3, 0.4) is 0 Å². The van der Waals surface area contributed by atoms with Crippen molar-refractivity contribution >= 4 is 33.2 Å². The van der Waals surface area contributed by atoms with E-state index in [2.05, 4.69) is 5.32 Å². The fraction of sp³-hybridized carbons (Fsp3) is 0.240. The quantitative estimate of drug-likeness (QED) is 0.455. The molecule has 1 atom stereocenters. The first-order valence-corrected chi connectivity index (χ1v) is 12.4. The molecule has 0 unspecified atom stereocenters. The maximum atomic E-state index is 13.4. The monoisotopic (exact) mass is 486 g/mol. The van der Waals surface area contributed by atoms with Gasteiger partial charge in [-0.25, -0.2) is 8.42 Å². The number of nitrogens with zero attached hydrogens (tertiary/aromatic N) is 1. The van der Waals surface area contributed by atoms with Crippen molar-refractivity contribution in [2.75, 3.05) is 17.5 Å². The van der Waals surface area contributed by atoms with Crippen LogP contribution in [0.5, 0.6) is 5.75 Å². The summed E-state index contributed by atoms with van der Waals surface area (Å²) in [6.07, 6.45) is 0. The largest absolute Gasteiger partial charge is 0.494 e. The number of aryl methyl sites for hydroxylation is 1. The van der Waals surface area contributed by atoms with E-state index in [4.69, 9.17) is 16.3 Å². The average molecular weight is 487 g/mol. The van der Waals surface area contributed by atoms with Gasteiger partial charge in [0.1, 0.15) is 12.3 Å². The third-order valence-electron chi connectivity index (χ3n) is 5.06. The Bertz CT molecular complexity index is 1200. The SMILES string of the molecule is CCOc1ccc([C@H](C)NC(=O)CN(c2cccc(Cl)c2)S(=O)(=O)c2ccc(C)cc2)cc1. The standard InChI is InChI=1S/C25H27ClN2O4S/c1-4-32-23-12-10-20(11-13-23)19(3)27-25(29)17-28(22-7-5-6-21(26)16-22)33(30,31)24-14-8-18(2)9-15-24/h5-16,19H,4,17H2,1-3H3,(H,27,29)/t19-/m0/s1. The zero-order valence-corrected chi connectivity index (χ0v) is 20.4. The lowest BCUT2D eigenvalue weighted by Crippen LogP contribution is -2.41. The number of carbonyl (C=O) groups is 1. The molecule has 33 heavy (non-hydrogen) atoms. The van der Waals surface area contributed by atoms with Gasteiger partial charge in [-0.1, -0.05) is 47.5 Å². The summed E-state index contributed by atoms with van der Waals surface area (Å²) < 4.78 is 33.4. The lowest BCUT2D eigenvalue weighted by Gasteiger charge is -2.25. The number of amides is 1. The highest BCUT2D eigenvalue weighted by Gasteiger charge is 2.28. The number of ether oxygens (including phenoxy) is 1. The van der Waals surface area contributed by atoms with Crippen LogP contribution in [0.4, 0.5) is 5.69 Å². The molecular formula is C25H27ClN2O4S. The Labute approximate surface area is 200 Å². The summed E-state index contributed by atoms with van der Waals surface area (Å²) in [7, 11) is -4.00. The summed E-state index contributed by atoms with van der Waals surface area (Å²) in [4.78, 5) is 13.0. The Morgan fingerprint density at radius 2 is 1.73 bits per heavy atom. The summed E-state index contributed by atoms with van der Waals surface area (Å²) in [5, 5.41) is 3.25. The molecule has 3 aromatic rings. The Hall–Kier alpha value is -3.03. The van der Waals surface area contributed by atoms with Gasteiger partial charge < -0.3 is 10.1 Å². The number of halogens is 1. The van der Waals surface area contributed by atoms with Gasteiger partial charge in [0.15, 0.2) is 0 Å². The number of carbonyl (C=O) groups excluding carboxylic acids is 1. The van der Waals surface area contributed by atoms with Gasteiger partial charge >= 0.3 is 0 Å². The van der Waals surface area contributed by atoms with Crippen molar-refractivity contribution in [2.24, 2.45) is 0 Å². The van der Waals surface area contributed by atoms with Crippen LogP contribution in [0, 0.1) is 6.92 Å². The summed E-state index contributed by atoms with van der Waals surface area (Å²) in [5.74, 6) is 0.308. The Morgan fingerprint density at radius 1 is 1.06 bits per heavy atom. The molecule has 0 bridgehead atoms. The fourth-order valence-electron chi connectivity index (χ4n) is 3.30. The highest BCUT2D eigenvalue weighted by Crippen LogP contribution is 2.26. The molecule has 0 spiro atoms. The zero-order valence-electron chi connectivity index (χ0n) is 18.8. The second-order valence-corrected chi connectivity index (χ2v) is 9.89. The predicted molar refractivity (Wildman–Crippen MR) is 131 cm³/mol. The number of sulfonamides is 1. The van der Waals surface area contributed by atoms with Gasteiger partial charge in [-0.2, -0.15) is 0 Å². The van der Waals surface area contributed by atoms with Crippen molar-refractivity contribution in [1.29, 1.82) is 0 Å². The molecule has 3 rings (SSSR count). The maximum absolute atomic E-state index is 13.4. The Morgan fingerprint density at radius 3 is 2.33 bits per heavy atom. The molecule has 6 nitrogen and oxygen atoms in total. The van der Waals surface area contributed by atoms with Gasteiger partial charge in [0, 0.05) is 5.02 Å². The molecule has 0 saturated carbocycles. The van der Waals surface area contributed by atoms with Crippen LogP contribution in [0.15, 0.2) is 77.7 Å². The van der Waals surface area contributed by atoms with Crippen molar-refractivity contribution < 1.29 is 17.9 Å². The van der Waals surface area contributed by atoms with E-state index in [9.17, 15) is 13.2 Å². The van der Waals surface area contributed by atoms with E-state index >= 15 is 0 Å². The number of benzene rings is 3. The highest BCUT2D eigenvalue weighted by molar-refractivity contribution is 7.92. The summed E-state index contributed by atoms with van der Waals surface area (Å²) in [6, 6.07) is 20.0. The number of rotatable bonds is 9. The first kappa shape index (κ1) is 24.6. The van der Waals surface area contributed by atoms with Crippen LogP contribution < -0.4 is 14.4 Å². The lowest BCUT2D eigenvalue weighted by atomic mass is 10.1. The van der Waals surface area contributed by atoms with Gasteiger partial charge in [0.25, 0.3) is 10.0 Å². The third-order valence-corrected chi connectivity index (χ3v) is 7.08. The first-order chi connectivity index (χ1) is 15.7. The number of nitrogens with one attached hydrogen (secondary N) is 1. The molecular weight excluding hydrogens is 460 g/mol. The number of anilines is 1. The molecule has 0 saturated heterocycles. The van der Waals surface area contributed by atoms with Crippen molar-refractivity contribution in [2.45, 2.75) is 31.7 Å². The van der Waals surface area contributed by atoms with Gasteiger partial charge in [0.05, 0.1) is 23.2 Å². The van der Waals surface area contributed by atoms with Crippen LogP contribution in [-0.2, 0) is 14.8 Å². The normalized spacial score (nSPS) is 12.1. The van der Waals surface area contributed by atoms with E-state index in [1.807, 2.05) is 45.0 Å². The van der Waals surface area contributed by atoms with Crippen LogP contribution in [-0.4, -0.2) is 27.5 Å². The van der Waals surface area contributed by atoms with Crippen molar-refractivity contribution in [3.05, 3.63) is 88.9 Å². The lowest BCUT2D eigenvalue weighted by molar-refractivity contribution is -0.120. The molecule has 0 heterocycles. The third kappa shape index (κ3) is 6.27. The highest BCUT2D eigenvalue weighted by atomic mass is 35.5. The smallest absolute Gasteiger partial charge is 0.264 e. The maximum Gasteiger partial charge on any atom is 0.264 e. The molecule has 1 amide bonds. The Kier molecular flexibility index (Phi) is 8.00. The van der Waals surface area contributed by atoms with Crippen LogP contribution >= 0.6 is 11.6 Å². The fourth-order valence-corrected chi connectivity index (χ4v) is 4.90. The molecule has 0 aliphatic rings. The van der Waals surface area contributed by atoms with Crippen molar-refractivity contribution in [3.63, 3.8) is 0 Å². The van der Waals surface area contributed by atoms with Gasteiger partial charge in [-0.3, -0.25) is 9.10 Å². The number of hydrogen-bond donors (Lipinski definition) is 1. The second kappa shape index (κ2) is 10.7. The average Bonchev–Trinajstić information content (AvgIpc) is 2.78. The van der Waals surface area contributed by atoms with Crippen LogP contribution in [0.1, 0.15) is 31.0 Å². The van der Waals surface area contributed by atoms with Crippen molar-refractivity contribution in [3.8, 4) is 5.75 Å². The summed E-state index contributed by atoms with van der Waals surface area (Å²) >= 11 is 6.11. The summed E-state index contributed by atoms with van der Waals surface area (Å²) in [5.41, 5.74) is 2.12. The van der Waals surface area contributed by atoms with Crippen LogP contribution in [0.25, 0.3) is 0 Å². The van der Waals surface area contributed by atoms with Gasteiger partial charge in [-0.15, -0.1) is 0 Å². The van der Waals surface area contributed by atoms with E-state index in [0.29, 0.717) is 17.3 Å². The minimum Gasteiger partial charge on any atom is -0.494 e. The molecule has 174 valence electrons. The topological polar surface area (TPSA) is 75.7 Å². The molecule has 0 aliphatic carbocycles. The Balaban J connectivity index is 1.84. The molecule has 3 aromatic carbocycles. The molecule has 0 fully saturated rings. The van der Waals surface area contributed by atoms with E-state index in [1.165, 1.54) is 18.2 Å². The minimum atomic E-state index is -4.00. The zero-order chi connectivity index (χ0) is 24.0. The minimum absolute atomic E-state index is 0.0976. The first-order valence-electron chi connectivity index (χ1n) is 10.6. The molecule has 0 aromatic heterocycles.